The lowest BCUT2D eigenvalue weighted by Crippen LogP contribution is -2.51. The molecule has 2 aliphatic heterocycles. The molecule has 0 radical (unpaired) electrons. The summed E-state index contributed by atoms with van der Waals surface area (Å²) in [6, 6.07) is 0.769. The second-order valence-corrected chi connectivity index (χ2v) is 5.64. The Morgan fingerprint density at radius 1 is 1.06 bits per heavy atom. The summed E-state index contributed by atoms with van der Waals surface area (Å²) in [5.41, 5.74) is 0. The maximum atomic E-state index is 3.66. The molecule has 0 aromatic rings. The van der Waals surface area contributed by atoms with Gasteiger partial charge in [-0.1, -0.05) is 19.8 Å². The molecule has 0 unspecified atom stereocenters. The number of nitrogens with zero attached hydrogens (tertiary/aromatic N) is 2. The van der Waals surface area contributed by atoms with E-state index in [0.29, 0.717) is 0 Å². The van der Waals surface area contributed by atoms with Gasteiger partial charge in [0.2, 0.25) is 0 Å². The molecule has 0 spiro atoms. The van der Waals surface area contributed by atoms with Crippen LogP contribution in [0.2, 0.25) is 0 Å². The standard InChI is InChI=1S/C14H29N3/c1-2-3-8-16-9-11-17(12-10-16)13-14-6-4-5-7-15-14/h14-15H,2-13H2,1H3/t14-/m1/s1. The molecule has 0 saturated carbocycles. The minimum Gasteiger partial charge on any atom is -0.313 e. The van der Waals surface area contributed by atoms with E-state index in [4.69, 9.17) is 0 Å². The molecule has 0 aromatic carbocycles. The molecule has 100 valence electrons. The highest BCUT2D eigenvalue weighted by Gasteiger charge is 2.20. The number of unbranched alkanes of at least 4 members (excludes halogenated alkanes) is 1. The van der Waals surface area contributed by atoms with Crippen LogP contribution in [0, 0.1) is 0 Å². The van der Waals surface area contributed by atoms with Crippen molar-refractivity contribution in [1.29, 1.82) is 0 Å². The van der Waals surface area contributed by atoms with Gasteiger partial charge in [0.05, 0.1) is 0 Å². The van der Waals surface area contributed by atoms with Gasteiger partial charge in [0, 0.05) is 38.8 Å². The maximum Gasteiger partial charge on any atom is 0.0195 e. The first-order valence-electron chi connectivity index (χ1n) is 7.56. The van der Waals surface area contributed by atoms with E-state index in [1.54, 1.807) is 0 Å². The lowest BCUT2D eigenvalue weighted by atomic mass is 10.0. The molecule has 2 fully saturated rings. The van der Waals surface area contributed by atoms with Crippen LogP contribution in [0.5, 0.6) is 0 Å². The summed E-state index contributed by atoms with van der Waals surface area (Å²) < 4.78 is 0. The lowest BCUT2D eigenvalue weighted by molar-refractivity contribution is 0.118. The van der Waals surface area contributed by atoms with Gasteiger partial charge in [-0.15, -0.1) is 0 Å². The summed E-state index contributed by atoms with van der Waals surface area (Å²) in [7, 11) is 0. The van der Waals surface area contributed by atoms with Crippen LogP contribution in [0.25, 0.3) is 0 Å². The van der Waals surface area contributed by atoms with Crippen molar-refractivity contribution in [3.63, 3.8) is 0 Å². The Morgan fingerprint density at radius 3 is 2.47 bits per heavy atom. The Hall–Kier alpha value is -0.120. The number of hydrogen-bond donors (Lipinski definition) is 1. The van der Waals surface area contributed by atoms with Gasteiger partial charge in [-0.25, -0.2) is 0 Å². The van der Waals surface area contributed by atoms with E-state index in [0.717, 1.165) is 6.04 Å². The Labute approximate surface area is 107 Å². The van der Waals surface area contributed by atoms with Gasteiger partial charge < -0.3 is 10.2 Å². The first-order chi connectivity index (χ1) is 8.38. The van der Waals surface area contributed by atoms with Gasteiger partial charge in [-0.05, 0) is 32.4 Å². The molecule has 2 rings (SSSR count). The van der Waals surface area contributed by atoms with Gasteiger partial charge >= 0.3 is 0 Å². The quantitative estimate of drug-likeness (QED) is 0.785. The van der Waals surface area contributed by atoms with E-state index in [2.05, 4.69) is 22.0 Å². The Bertz CT molecular complexity index is 194. The summed E-state index contributed by atoms with van der Waals surface area (Å²) in [5, 5.41) is 3.66. The number of piperidine rings is 1. The van der Waals surface area contributed by atoms with E-state index in [9.17, 15) is 0 Å². The molecule has 0 amide bonds. The molecule has 3 heteroatoms. The highest BCUT2D eigenvalue weighted by atomic mass is 15.3. The van der Waals surface area contributed by atoms with Gasteiger partial charge in [0.1, 0.15) is 0 Å². The van der Waals surface area contributed by atoms with Crippen LogP contribution in [0.4, 0.5) is 0 Å². The zero-order valence-electron chi connectivity index (χ0n) is 11.5. The summed E-state index contributed by atoms with van der Waals surface area (Å²) in [6.07, 6.45) is 6.88. The minimum absolute atomic E-state index is 0.769. The Balaban J connectivity index is 1.61. The van der Waals surface area contributed by atoms with E-state index in [-0.39, 0.29) is 0 Å². The summed E-state index contributed by atoms with van der Waals surface area (Å²) in [6.45, 7) is 11.2. The molecule has 0 bridgehead atoms. The molecule has 17 heavy (non-hydrogen) atoms. The molecule has 3 nitrogen and oxygen atoms in total. The van der Waals surface area contributed by atoms with Crippen LogP contribution < -0.4 is 5.32 Å². The third kappa shape index (κ3) is 4.57. The fourth-order valence-electron chi connectivity index (χ4n) is 2.97. The van der Waals surface area contributed by atoms with Gasteiger partial charge in [-0.3, -0.25) is 4.90 Å². The van der Waals surface area contributed by atoms with Crippen molar-refractivity contribution in [2.45, 2.75) is 45.1 Å². The predicted octanol–water partition coefficient (Wildman–Crippen LogP) is 1.55. The highest BCUT2D eigenvalue weighted by Crippen LogP contribution is 2.10. The molecule has 0 aliphatic carbocycles. The molecule has 1 N–H and O–H groups in total. The molecule has 1 atom stereocenters. The number of hydrogen-bond acceptors (Lipinski definition) is 3. The van der Waals surface area contributed by atoms with Crippen molar-refractivity contribution in [3.05, 3.63) is 0 Å². The van der Waals surface area contributed by atoms with E-state index < -0.39 is 0 Å². The highest BCUT2D eigenvalue weighted by molar-refractivity contribution is 4.79. The molecule has 2 heterocycles. The number of rotatable bonds is 5. The third-order valence-corrected chi connectivity index (χ3v) is 4.18. The van der Waals surface area contributed by atoms with Crippen LogP contribution >= 0.6 is 0 Å². The molecular weight excluding hydrogens is 210 g/mol. The van der Waals surface area contributed by atoms with Crippen LogP contribution in [-0.2, 0) is 0 Å². The smallest absolute Gasteiger partial charge is 0.0195 e. The second-order valence-electron chi connectivity index (χ2n) is 5.64. The van der Waals surface area contributed by atoms with Crippen molar-refractivity contribution in [2.24, 2.45) is 0 Å². The normalized spacial score (nSPS) is 28.4. The van der Waals surface area contributed by atoms with E-state index in [1.165, 1.54) is 77.9 Å². The molecular formula is C14H29N3. The maximum absolute atomic E-state index is 3.66. The van der Waals surface area contributed by atoms with Crippen LogP contribution in [0.3, 0.4) is 0 Å². The molecule has 2 saturated heterocycles. The van der Waals surface area contributed by atoms with Crippen LogP contribution in [0.15, 0.2) is 0 Å². The average Bonchev–Trinajstić information content (AvgIpc) is 2.39. The molecule has 0 aromatic heterocycles. The van der Waals surface area contributed by atoms with Gasteiger partial charge in [0.25, 0.3) is 0 Å². The fourth-order valence-corrected chi connectivity index (χ4v) is 2.97. The van der Waals surface area contributed by atoms with E-state index in [1.807, 2.05) is 0 Å². The molecule has 2 aliphatic rings. The van der Waals surface area contributed by atoms with Crippen molar-refractivity contribution in [3.8, 4) is 0 Å². The van der Waals surface area contributed by atoms with Crippen molar-refractivity contribution in [2.75, 3.05) is 45.8 Å². The third-order valence-electron chi connectivity index (χ3n) is 4.18. The topological polar surface area (TPSA) is 18.5 Å². The number of piperazine rings is 1. The van der Waals surface area contributed by atoms with E-state index >= 15 is 0 Å². The SMILES string of the molecule is CCCCN1CCN(C[C@H]2CCCCN2)CC1. The van der Waals surface area contributed by atoms with Crippen LogP contribution in [-0.4, -0.2) is 61.7 Å². The number of nitrogens with one attached hydrogen (secondary N) is 1. The Kier molecular flexibility index (Phi) is 5.75. The summed E-state index contributed by atoms with van der Waals surface area (Å²) >= 11 is 0. The van der Waals surface area contributed by atoms with Crippen molar-refractivity contribution >= 4 is 0 Å². The zero-order valence-corrected chi connectivity index (χ0v) is 11.5. The fraction of sp³-hybridized carbons (Fsp3) is 1.00. The van der Waals surface area contributed by atoms with Gasteiger partial charge in [-0.2, -0.15) is 0 Å². The van der Waals surface area contributed by atoms with Crippen molar-refractivity contribution in [1.82, 2.24) is 15.1 Å². The Morgan fingerprint density at radius 2 is 1.82 bits per heavy atom. The first-order valence-corrected chi connectivity index (χ1v) is 7.56. The summed E-state index contributed by atoms with van der Waals surface area (Å²) in [5.74, 6) is 0. The largest absolute Gasteiger partial charge is 0.313 e. The monoisotopic (exact) mass is 239 g/mol. The summed E-state index contributed by atoms with van der Waals surface area (Å²) in [4.78, 5) is 5.29. The second kappa shape index (κ2) is 7.34. The minimum atomic E-state index is 0.769. The van der Waals surface area contributed by atoms with Crippen molar-refractivity contribution < 1.29 is 0 Å². The first kappa shape index (κ1) is 13.3. The zero-order chi connectivity index (χ0) is 11.9. The predicted molar refractivity (Wildman–Crippen MR) is 73.4 cm³/mol. The lowest BCUT2D eigenvalue weighted by Gasteiger charge is -2.37. The average molecular weight is 239 g/mol. The van der Waals surface area contributed by atoms with Crippen LogP contribution in [0.1, 0.15) is 39.0 Å². The van der Waals surface area contributed by atoms with Gasteiger partial charge in [0.15, 0.2) is 0 Å².